The Bertz CT molecular complexity index is 790. The second kappa shape index (κ2) is 10.4. The molecule has 3 amide bonds. The van der Waals surface area contributed by atoms with Gasteiger partial charge in [-0.25, -0.2) is 14.8 Å². The highest BCUT2D eigenvalue weighted by Crippen LogP contribution is 2.13. The molecule has 2 aromatic rings. The Morgan fingerprint density at radius 2 is 1.59 bits per heavy atom. The maximum absolute atomic E-state index is 12.0. The van der Waals surface area contributed by atoms with Crippen LogP contribution in [0.2, 0.25) is 0 Å². The third-order valence-electron chi connectivity index (χ3n) is 4.61. The quantitative estimate of drug-likeness (QED) is 0.616. The van der Waals surface area contributed by atoms with Crippen molar-refractivity contribution in [3.63, 3.8) is 0 Å². The molecule has 3 N–H and O–H groups in total. The Labute approximate surface area is 170 Å². The van der Waals surface area contributed by atoms with Gasteiger partial charge in [-0.05, 0) is 43.3 Å². The molecule has 9 heteroatoms. The lowest BCUT2D eigenvalue weighted by molar-refractivity contribution is -0.114. The summed E-state index contributed by atoms with van der Waals surface area (Å²) in [4.78, 5) is 36.2. The number of hydrogen-bond donors (Lipinski definition) is 3. The van der Waals surface area contributed by atoms with Crippen LogP contribution < -0.4 is 20.9 Å². The van der Waals surface area contributed by atoms with Crippen LogP contribution >= 0.6 is 0 Å². The second-order valence-electron chi connectivity index (χ2n) is 6.87. The zero-order valence-corrected chi connectivity index (χ0v) is 16.6. The summed E-state index contributed by atoms with van der Waals surface area (Å²) in [7, 11) is 0. The molecule has 0 radical (unpaired) electrons. The van der Waals surface area contributed by atoms with Crippen molar-refractivity contribution in [1.29, 1.82) is 0 Å². The van der Waals surface area contributed by atoms with Gasteiger partial charge < -0.3 is 20.9 Å². The lowest BCUT2D eigenvalue weighted by Crippen LogP contribution is -2.47. The minimum atomic E-state index is -0.233. The Balaban J connectivity index is 1.29. The summed E-state index contributed by atoms with van der Waals surface area (Å²) < 4.78 is 0. The highest BCUT2D eigenvalue weighted by molar-refractivity contribution is 5.91. The third-order valence-corrected chi connectivity index (χ3v) is 4.61. The molecule has 0 saturated carbocycles. The zero-order chi connectivity index (χ0) is 20.5. The molecule has 9 nitrogen and oxygen atoms in total. The summed E-state index contributed by atoms with van der Waals surface area (Å²) >= 11 is 0. The first-order valence-corrected chi connectivity index (χ1v) is 9.77. The van der Waals surface area contributed by atoms with Crippen molar-refractivity contribution in [3.8, 4) is 0 Å². The van der Waals surface area contributed by atoms with Gasteiger partial charge in [-0.15, -0.1) is 0 Å². The van der Waals surface area contributed by atoms with Crippen molar-refractivity contribution in [3.05, 3.63) is 42.7 Å². The van der Waals surface area contributed by atoms with Gasteiger partial charge in [0.05, 0.1) is 0 Å². The molecule has 0 atom stereocenters. The number of rotatable bonds is 7. The molecule has 1 saturated heterocycles. The number of piperazine rings is 1. The Morgan fingerprint density at radius 3 is 2.21 bits per heavy atom. The van der Waals surface area contributed by atoms with Gasteiger partial charge in [0.2, 0.25) is 11.9 Å². The predicted octanol–water partition coefficient (Wildman–Crippen LogP) is 1.77. The first-order chi connectivity index (χ1) is 14.1. The molecule has 0 spiro atoms. The van der Waals surface area contributed by atoms with E-state index in [1.54, 1.807) is 36.7 Å². The number of benzene rings is 1. The largest absolute Gasteiger partial charge is 0.338 e. The Hall–Kier alpha value is -3.20. The lowest BCUT2D eigenvalue weighted by Gasteiger charge is -2.34. The van der Waals surface area contributed by atoms with E-state index in [1.165, 1.54) is 6.92 Å². The standard InChI is InChI=1S/C20H27N7O2/c1-16(28)24-17-4-6-18(7-5-17)25-20(29)23-10-3-11-26-12-14-27(15-13-26)19-21-8-2-9-22-19/h2,4-9H,3,10-15H2,1H3,(H,24,28)(H2,23,25,29). The van der Waals surface area contributed by atoms with Gasteiger partial charge in [-0.2, -0.15) is 0 Å². The molecule has 1 aromatic carbocycles. The SMILES string of the molecule is CC(=O)Nc1ccc(NC(=O)NCCCN2CCN(c3ncccn3)CC2)cc1. The normalized spacial score (nSPS) is 14.3. The van der Waals surface area contributed by atoms with Gasteiger partial charge in [-0.3, -0.25) is 9.69 Å². The molecule has 1 aromatic heterocycles. The predicted molar refractivity (Wildman–Crippen MR) is 113 cm³/mol. The van der Waals surface area contributed by atoms with Gasteiger partial charge in [0.1, 0.15) is 0 Å². The van der Waals surface area contributed by atoms with Crippen molar-refractivity contribution in [2.24, 2.45) is 0 Å². The topological polar surface area (TPSA) is 102 Å². The monoisotopic (exact) mass is 397 g/mol. The average Bonchev–Trinajstić information content (AvgIpc) is 2.73. The highest BCUT2D eigenvalue weighted by atomic mass is 16.2. The van der Waals surface area contributed by atoms with E-state index in [4.69, 9.17) is 0 Å². The number of anilines is 3. The van der Waals surface area contributed by atoms with E-state index in [9.17, 15) is 9.59 Å². The summed E-state index contributed by atoms with van der Waals surface area (Å²) in [6, 6.07) is 8.59. The molecule has 0 unspecified atom stereocenters. The molecule has 154 valence electrons. The van der Waals surface area contributed by atoms with Crippen molar-refractivity contribution in [1.82, 2.24) is 20.2 Å². The number of nitrogens with one attached hydrogen (secondary N) is 3. The molecule has 29 heavy (non-hydrogen) atoms. The maximum Gasteiger partial charge on any atom is 0.319 e. The van der Waals surface area contributed by atoms with Gasteiger partial charge in [-0.1, -0.05) is 0 Å². The fourth-order valence-electron chi connectivity index (χ4n) is 3.15. The molecular weight excluding hydrogens is 370 g/mol. The van der Waals surface area contributed by atoms with E-state index in [1.807, 2.05) is 6.07 Å². The average molecular weight is 397 g/mol. The van der Waals surface area contributed by atoms with Crippen LogP contribution in [0.5, 0.6) is 0 Å². The second-order valence-corrected chi connectivity index (χ2v) is 6.87. The van der Waals surface area contributed by atoms with Crippen LogP contribution in [0, 0.1) is 0 Å². The van der Waals surface area contributed by atoms with E-state index in [2.05, 4.69) is 35.7 Å². The summed E-state index contributed by atoms with van der Waals surface area (Å²) in [5.41, 5.74) is 1.37. The fourth-order valence-corrected chi connectivity index (χ4v) is 3.15. The van der Waals surface area contributed by atoms with Crippen molar-refractivity contribution >= 4 is 29.3 Å². The van der Waals surface area contributed by atoms with Crippen molar-refractivity contribution < 1.29 is 9.59 Å². The molecule has 1 aliphatic heterocycles. The summed E-state index contributed by atoms with van der Waals surface area (Å²) in [5.74, 6) is 0.661. The molecule has 2 heterocycles. The summed E-state index contributed by atoms with van der Waals surface area (Å²) in [5, 5.41) is 8.35. The van der Waals surface area contributed by atoms with Gasteiger partial charge in [0, 0.05) is 63.4 Å². The van der Waals surface area contributed by atoms with Gasteiger partial charge in [0.15, 0.2) is 0 Å². The number of aromatic nitrogens is 2. The van der Waals surface area contributed by atoms with Gasteiger partial charge >= 0.3 is 6.03 Å². The van der Waals surface area contributed by atoms with Crippen LogP contribution in [0.25, 0.3) is 0 Å². The van der Waals surface area contributed by atoms with Crippen molar-refractivity contribution in [2.45, 2.75) is 13.3 Å². The smallest absolute Gasteiger partial charge is 0.319 e. The Morgan fingerprint density at radius 1 is 0.966 bits per heavy atom. The van der Waals surface area contributed by atoms with Crippen LogP contribution in [0.15, 0.2) is 42.7 Å². The third kappa shape index (κ3) is 6.72. The number of urea groups is 1. The molecule has 0 aliphatic carbocycles. The first-order valence-electron chi connectivity index (χ1n) is 9.77. The van der Waals surface area contributed by atoms with Crippen LogP contribution in [0.3, 0.4) is 0 Å². The molecular formula is C20H27N7O2. The first kappa shape index (κ1) is 20.5. The number of nitrogens with zero attached hydrogens (tertiary/aromatic N) is 4. The zero-order valence-electron chi connectivity index (χ0n) is 16.6. The molecule has 1 fully saturated rings. The molecule has 1 aliphatic rings. The highest BCUT2D eigenvalue weighted by Gasteiger charge is 2.18. The molecule has 3 rings (SSSR count). The summed E-state index contributed by atoms with van der Waals surface area (Å²) in [6.45, 7) is 6.75. The van der Waals surface area contributed by atoms with Crippen molar-refractivity contribution in [2.75, 3.05) is 54.8 Å². The fraction of sp³-hybridized carbons (Fsp3) is 0.400. The molecule has 0 bridgehead atoms. The van der Waals surface area contributed by atoms with E-state index in [-0.39, 0.29) is 11.9 Å². The van der Waals surface area contributed by atoms with Crippen LogP contribution in [0.4, 0.5) is 22.1 Å². The minimum absolute atomic E-state index is 0.127. The number of amides is 3. The number of hydrogen-bond acceptors (Lipinski definition) is 6. The summed E-state index contributed by atoms with van der Waals surface area (Å²) in [6.07, 6.45) is 4.42. The van der Waals surface area contributed by atoms with E-state index < -0.39 is 0 Å². The van der Waals surface area contributed by atoms with E-state index >= 15 is 0 Å². The number of carbonyl (C=O) groups excluding carboxylic acids is 2. The van der Waals surface area contributed by atoms with Crippen LogP contribution in [0.1, 0.15) is 13.3 Å². The van der Waals surface area contributed by atoms with Crippen LogP contribution in [-0.4, -0.2) is 66.1 Å². The van der Waals surface area contributed by atoms with E-state index in [0.29, 0.717) is 17.9 Å². The van der Waals surface area contributed by atoms with E-state index in [0.717, 1.165) is 45.1 Å². The lowest BCUT2D eigenvalue weighted by atomic mass is 10.3. The minimum Gasteiger partial charge on any atom is -0.338 e. The maximum atomic E-state index is 12.0. The van der Waals surface area contributed by atoms with Crippen LogP contribution in [-0.2, 0) is 4.79 Å². The number of carbonyl (C=O) groups is 2. The Kier molecular flexibility index (Phi) is 7.34. The van der Waals surface area contributed by atoms with Gasteiger partial charge in [0.25, 0.3) is 0 Å².